The maximum Gasteiger partial charge on any atom is 0.233 e. The summed E-state index contributed by atoms with van der Waals surface area (Å²) < 4.78 is 0. The van der Waals surface area contributed by atoms with Gasteiger partial charge in [0, 0.05) is 37.6 Å². The van der Waals surface area contributed by atoms with Crippen LogP contribution in [0.25, 0.3) is 0 Å². The van der Waals surface area contributed by atoms with Gasteiger partial charge in [0.2, 0.25) is 11.8 Å². The summed E-state index contributed by atoms with van der Waals surface area (Å²) in [4.78, 5) is 28.8. The Hall–Kier alpha value is -2.82. The van der Waals surface area contributed by atoms with Crippen LogP contribution in [-0.4, -0.2) is 42.9 Å². The summed E-state index contributed by atoms with van der Waals surface area (Å²) in [6.07, 6.45) is -0.114. The molecule has 5 nitrogen and oxygen atoms in total. The van der Waals surface area contributed by atoms with E-state index in [1.54, 1.807) is 4.90 Å². The largest absolute Gasteiger partial charge is 0.368 e. The Bertz CT molecular complexity index is 839. The van der Waals surface area contributed by atoms with Crippen LogP contribution in [0, 0.1) is 20.8 Å². The number of nitrogens with one attached hydrogen (secondary N) is 1. The Morgan fingerprint density at radius 2 is 1.67 bits per heavy atom. The van der Waals surface area contributed by atoms with E-state index in [4.69, 9.17) is 0 Å². The molecule has 0 atom stereocenters. The quantitative estimate of drug-likeness (QED) is 0.846. The Morgan fingerprint density at radius 3 is 2.37 bits per heavy atom. The molecule has 0 aliphatic carbocycles. The molecular formula is C22H27N3O2. The molecule has 2 aromatic rings. The predicted octanol–water partition coefficient (Wildman–Crippen LogP) is 3.29. The molecule has 2 amide bonds. The third-order valence-electron chi connectivity index (χ3n) is 5.16. The first kappa shape index (κ1) is 19.0. The zero-order valence-electron chi connectivity index (χ0n) is 16.3. The van der Waals surface area contributed by atoms with Crippen LogP contribution >= 0.6 is 0 Å². The highest BCUT2D eigenvalue weighted by Crippen LogP contribution is 2.24. The first-order chi connectivity index (χ1) is 12.9. The van der Waals surface area contributed by atoms with Gasteiger partial charge in [0.1, 0.15) is 6.42 Å². The molecule has 0 radical (unpaired) electrons. The van der Waals surface area contributed by atoms with Gasteiger partial charge in [-0.25, -0.2) is 0 Å². The van der Waals surface area contributed by atoms with Gasteiger partial charge in [0.25, 0.3) is 0 Å². The van der Waals surface area contributed by atoms with Crippen molar-refractivity contribution in [3.8, 4) is 0 Å². The lowest BCUT2D eigenvalue weighted by atomic mass is 10.1. The van der Waals surface area contributed by atoms with Crippen LogP contribution in [0.5, 0.6) is 0 Å². The Morgan fingerprint density at radius 1 is 0.963 bits per heavy atom. The predicted molar refractivity (Wildman–Crippen MR) is 109 cm³/mol. The molecule has 0 bridgehead atoms. The fourth-order valence-electron chi connectivity index (χ4n) is 3.45. The number of rotatable bonds is 4. The number of carbonyl (C=O) groups is 2. The number of hydrogen-bond acceptors (Lipinski definition) is 3. The highest BCUT2D eigenvalue weighted by molar-refractivity contribution is 6.03. The number of amides is 2. The van der Waals surface area contributed by atoms with Gasteiger partial charge in [0.05, 0.1) is 0 Å². The van der Waals surface area contributed by atoms with E-state index in [2.05, 4.69) is 42.3 Å². The fraction of sp³-hybridized carbons (Fsp3) is 0.364. The minimum absolute atomic E-state index is 0.110. The van der Waals surface area contributed by atoms with E-state index in [-0.39, 0.29) is 18.2 Å². The van der Waals surface area contributed by atoms with Crippen molar-refractivity contribution in [1.82, 2.24) is 4.90 Å². The van der Waals surface area contributed by atoms with Crippen LogP contribution in [0.1, 0.15) is 23.1 Å². The molecule has 0 saturated carbocycles. The number of aryl methyl sites for hydroxylation is 2. The first-order valence-corrected chi connectivity index (χ1v) is 9.39. The second-order valence-corrected chi connectivity index (χ2v) is 7.18. The number of hydrogen-bond donors (Lipinski definition) is 1. The third kappa shape index (κ3) is 4.67. The molecule has 1 aliphatic rings. The second kappa shape index (κ2) is 8.25. The van der Waals surface area contributed by atoms with E-state index in [0.717, 1.165) is 24.3 Å². The Labute approximate surface area is 161 Å². The zero-order chi connectivity index (χ0) is 19.4. The standard InChI is InChI=1S/C22H27N3O2/c1-16-6-4-8-19(14-16)23-21(26)15-22(27)25-12-10-24(11-13-25)20-9-5-7-17(2)18(20)3/h4-9,14H,10-13,15H2,1-3H3,(H,23,26). The molecule has 142 valence electrons. The van der Waals surface area contributed by atoms with Gasteiger partial charge in [-0.2, -0.15) is 0 Å². The van der Waals surface area contributed by atoms with Crippen molar-refractivity contribution in [3.05, 3.63) is 59.2 Å². The fourth-order valence-corrected chi connectivity index (χ4v) is 3.45. The van der Waals surface area contributed by atoms with Crippen molar-refractivity contribution >= 4 is 23.2 Å². The summed E-state index contributed by atoms with van der Waals surface area (Å²) >= 11 is 0. The molecule has 2 aromatic carbocycles. The summed E-state index contributed by atoms with van der Waals surface area (Å²) in [5.74, 6) is -0.372. The van der Waals surface area contributed by atoms with Crippen LogP contribution in [0.2, 0.25) is 0 Å². The zero-order valence-corrected chi connectivity index (χ0v) is 16.3. The van der Waals surface area contributed by atoms with Crippen LogP contribution < -0.4 is 10.2 Å². The van der Waals surface area contributed by atoms with Gasteiger partial charge >= 0.3 is 0 Å². The molecule has 1 N–H and O–H groups in total. The van der Waals surface area contributed by atoms with Gasteiger partial charge in [-0.15, -0.1) is 0 Å². The van der Waals surface area contributed by atoms with Gasteiger partial charge in [0.15, 0.2) is 0 Å². The summed E-state index contributed by atoms with van der Waals surface area (Å²) in [6, 6.07) is 13.9. The van der Waals surface area contributed by atoms with E-state index in [9.17, 15) is 9.59 Å². The van der Waals surface area contributed by atoms with Crippen LogP contribution in [0.15, 0.2) is 42.5 Å². The van der Waals surface area contributed by atoms with E-state index >= 15 is 0 Å². The SMILES string of the molecule is Cc1cccc(NC(=O)CC(=O)N2CCN(c3cccc(C)c3C)CC2)c1. The summed E-state index contributed by atoms with van der Waals surface area (Å²) in [6.45, 7) is 9.08. The molecule has 5 heteroatoms. The number of benzene rings is 2. The minimum Gasteiger partial charge on any atom is -0.368 e. The molecule has 3 rings (SSSR count). The molecule has 0 aromatic heterocycles. The lowest BCUT2D eigenvalue weighted by Crippen LogP contribution is -2.49. The molecule has 0 unspecified atom stereocenters. The van der Waals surface area contributed by atoms with Gasteiger partial charge < -0.3 is 15.1 Å². The first-order valence-electron chi connectivity index (χ1n) is 9.39. The van der Waals surface area contributed by atoms with Crippen LogP contribution in [0.3, 0.4) is 0 Å². The van der Waals surface area contributed by atoms with Crippen LogP contribution in [0.4, 0.5) is 11.4 Å². The van der Waals surface area contributed by atoms with Crippen molar-refractivity contribution in [1.29, 1.82) is 0 Å². The molecule has 27 heavy (non-hydrogen) atoms. The number of nitrogens with zero attached hydrogens (tertiary/aromatic N) is 2. The smallest absolute Gasteiger partial charge is 0.233 e. The molecule has 1 saturated heterocycles. The number of piperazine rings is 1. The van der Waals surface area contributed by atoms with Crippen LogP contribution in [-0.2, 0) is 9.59 Å². The van der Waals surface area contributed by atoms with Crippen molar-refractivity contribution in [2.45, 2.75) is 27.2 Å². The Kier molecular flexibility index (Phi) is 5.79. The Balaban J connectivity index is 1.52. The molecule has 0 spiro atoms. The van der Waals surface area contributed by atoms with E-state index in [1.807, 2.05) is 31.2 Å². The van der Waals surface area contributed by atoms with Gasteiger partial charge in [-0.05, 0) is 55.7 Å². The highest BCUT2D eigenvalue weighted by atomic mass is 16.2. The normalized spacial score (nSPS) is 14.2. The topological polar surface area (TPSA) is 52.7 Å². The summed E-state index contributed by atoms with van der Waals surface area (Å²) in [7, 11) is 0. The lowest BCUT2D eigenvalue weighted by Gasteiger charge is -2.37. The second-order valence-electron chi connectivity index (χ2n) is 7.18. The number of carbonyl (C=O) groups excluding carboxylic acids is 2. The molecular weight excluding hydrogens is 338 g/mol. The van der Waals surface area contributed by atoms with E-state index in [1.165, 1.54) is 16.8 Å². The van der Waals surface area contributed by atoms with Crippen molar-refractivity contribution in [3.63, 3.8) is 0 Å². The molecule has 1 heterocycles. The lowest BCUT2D eigenvalue weighted by molar-refractivity contribution is -0.134. The highest BCUT2D eigenvalue weighted by Gasteiger charge is 2.23. The number of anilines is 2. The van der Waals surface area contributed by atoms with Gasteiger partial charge in [-0.3, -0.25) is 9.59 Å². The summed E-state index contributed by atoms with van der Waals surface area (Å²) in [5, 5.41) is 2.80. The van der Waals surface area contributed by atoms with E-state index in [0.29, 0.717) is 13.1 Å². The monoisotopic (exact) mass is 365 g/mol. The van der Waals surface area contributed by atoms with Gasteiger partial charge in [-0.1, -0.05) is 24.3 Å². The molecule has 1 fully saturated rings. The average molecular weight is 365 g/mol. The maximum atomic E-state index is 12.5. The van der Waals surface area contributed by atoms with E-state index < -0.39 is 0 Å². The van der Waals surface area contributed by atoms with Crippen molar-refractivity contribution < 1.29 is 9.59 Å². The third-order valence-corrected chi connectivity index (χ3v) is 5.16. The average Bonchev–Trinajstić information content (AvgIpc) is 2.64. The van der Waals surface area contributed by atoms with Crippen molar-refractivity contribution in [2.75, 3.05) is 36.4 Å². The minimum atomic E-state index is -0.262. The van der Waals surface area contributed by atoms with Crippen molar-refractivity contribution in [2.24, 2.45) is 0 Å². The molecule has 1 aliphatic heterocycles. The summed E-state index contributed by atoms with van der Waals surface area (Å²) in [5.41, 5.74) is 5.60. The maximum absolute atomic E-state index is 12.5.